The van der Waals surface area contributed by atoms with Crippen molar-refractivity contribution < 1.29 is 4.74 Å². The quantitative estimate of drug-likeness (QED) is 0.836. The molecule has 0 aliphatic heterocycles. The molecule has 0 N–H and O–H groups in total. The lowest BCUT2D eigenvalue weighted by Crippen LogP contribution is -2.04. The third-order valence-electron chi connectivity index (χ3n) is 3.58. The number of aromatic nitrogens is 2. The summed E-state index contributed by atoms with van der Waals surface area (Å²) in [5, 5.41) is 4.73. The van der Waals surface area contributed by atoms with Gasteiger partial charge < -0.3 is 4.74 Å². The molecule has 0 saturated carbocycles. The third kappa shape index (κ3) is 2.80. The Balaban J connectivity index is 2.25. The standard InChI is InChI=1S/C16H22N2O/c1-11(2)16-12(3)13(4)18(17-16)10-14-6-8-15(19-5)9-7-14/h6-9,11H,10H2,1-5H3. The van der Waals surface area contributed by atoms with Crippen molar-refractivity contribution in [2.75, 3.05) is 7.11 Å². The summed E-state index contributed by atoms with van der Waals surface area (Å²) in [6, 6.07) is 8.16. The Bertz CT molecular complexity index is 553. The van der Waals surface area contributed by atoms with E-state index in [-0.39, 0.29) is 0 Å². The second kappa shape index (κ2) is 5.47. The first-order valence-corrected chi connectivity index (χ1v) is 6.69. The summed E-state index contributed by atoms with van der Waals surface area (Å²) in [6.07, 6.45) is 0. The maximum absolute atomic E-state index is 5.18. The van der Waals surface area contributed by atoms with Crippen molar-refractivity contribution in [1.29, 1.82) is 0 Å². The van der Waals surface area contributed by atoms with Crippen molar-refractivity contribution in [3.63, 3.8) is 0 Å². The first-order valence-electron chi connectivity index (χ1n) is 6.69. The molecule has 1 aromatic heterocycles. The van der Waals surface area contributed by atoms with E-state index in [9.17, 15) is 0 Å². The predicted octanol–water partition coefficient (Wildman–Crippen LogP) is 3.68. The van der Waals surface area contributed by atoms with Crippen molar-refractivity contribution in [2.45, 2.75) is 40.2 Å². The zero-order valence-electron chi connectivity index (χ0n) is 12.4. The molecule has 0 bridgehead atoms. The van der Waals surface area contributed by atoms with Gasteiger partial charge in [-0.3, -0.25) is 4.68 Å². The van der Waals surface area contributed by atoms with Gasteiger partial charge in [0, 0.05) is 5.69 Å². The second-order valence-electron chi connectivity index (χ2n) is 5.26. The van der Waals surface area contributed by atoms with Gasteiger partial charge in [-0.2, -0.15) is 5.10 Å². The number of nitrogens with zero attached hydrogens (tertiary/aromatic N) is 2. The molecule has 102 valence electrons. The molecular formula is C16H22N2O. The van der Waals surface area contributed by atoms with Crippen molar-refractivity contribution >= 4 is 0 Å². The van der Waals surface area contributed by atoms with Gasteiger partial charge in [-0.05, 0) is 43.0 Å². The number of rotatable bonds is 4. The fourth-order valence-corrected chi connectivity index (χ4v) is 2.27. The topological polar surface area (TPSA) is 27.1 Å². The maximum Gasteiger partial charge on any atom is 0.118 e. The molecule has 0 aliphatic rings. The minimum Gasteiger partial charge on any atom is -0.497 e. The summed E-state index contributed by atoms with van der Waals surface area (Å²) >= 11 is 0. The van der Waals surface area contributed by atoms with E-state index in [1.165, 1.54) is 22.5 Å². The summed E-state index contributed by atoms with van der Waals surface area (Å²) in [5.74, 6) is 1.36. The summed E-state index contributed by atoms with van der Waals surface area (Å²) in [4.78, 5) is 0. The van der Waals surface area contributed by atoms with Gasteiger partial charge in [0.2, 0.25) is 0 Å². The number of methoxy groups -OCH3 is 1. The molecule has 1 aromatic carbocycles. The fourth-order valence-electron chi connectivity index (χ4n) is 2.27. The molecule has 0 amide bonds. The lowest BCUT2D eigenvalue weighted by atomic mass is 10.1. The van der Waals surface area contributed by atoms with Gasteiger partial charge in [0.05, 0.1) is 19.3 Å². The van der Waals surface area contributed by atoms with Gasteiger partial charge in [-0.15, -0.1) is 0 Å². The van der Waals surface area contributed by atoms with Crippen LogP contribution in [0.5, 0.6) is 5.75 Å². The smallest absolute Gasteiger partial charge is 0.118 e. The van der Waals surface area contributed by atoms with E-state index in [1.54, 1.807) is 7.11 Å². The molecule has 19 heavy (non-hydrogen) atoms. The molecule has 2 rings (SSSR count). The van der Waals surface area contributed by atoms with Crippen molar-refractivity contribution in [3.8, 4) is 5.75 Å². The Kier molecular flexibility index (Phi) is 3.93. The highest BCUT2D eigenvalue weighted by Crippen LogP contribution is 2.21. The fraction of sp³-hybridized carbons (Fsp3) is 0.438. The van der Waals surface area contributed by atoms with Crippen LogP contribution in [0.15, 0.2) is 24.3 Å². The van der Waals surface area contributed by atoms with Crippen LogP contribution in [0.3, 0.4) is 0 Å². The highest BCUT2D eigenvalue weighted by molar-refractivity contribution is 5.29. The number of benzene rings is 1. The zero-order chi connectivity index (χ0) is 14.0. The van der Waals surface area contributed by atoms with Crippen LogP contribution in [-0.4, -0.2) is 16.9 Å². The predicted molar refractivity (Wildman–Crippen MR) is 77.9 cm³/mol. The Morgan fingerprint density at radius 3 is 2.26 bits per heavy atom. The summed E-state index contributed by atoms with van der Waals surface area (Å²) in [5.41, 5.74) is 5.00. The molecule has 3 nitrogen and oxygen atoms in total. The van der Waals surface area contributed by atoms with Gasteiger partial charge in [-0.25, -0.2) is 0 Å². The van der Waals surface area contributed by atoms with E-state index in [0.29, 0.717) is 5.92 Å². The number of hydrogen-bond acceptors (Lipinski definition) is 2. The van der Waals surface area contributed by atoms with Crippen LogP contribution in [0.2, 0.25) is 0 Å². The molecule has 0 saturated heterocycles. The van der Waals surface area contributed by atoms with Crippen LogP contribution in [0, 0.1) is 13.8 Å². The second-order valence-corrected chi connectivity index (χ2v) is 5.26. The first kappa shape index (κ1) is 13.7. The Morgan fingerprint density at radius 2 is 1.79 bits per heavy atom. The van der Waals surface area contributed by atoms with Crippen molar-refractivity contribution in [2.24, 2.45) is 0 Å². The lowest BCUT2D eigenvalue weighted by Gasteiger charge is -2.06. The lowest BCUT2D eigenvalue weighted by molar-refractivity contribution is 0.414. The van der Waals surface area contributed by atoms with Gasteiger partial charge in [-0.1, -0.05) is 26.0 Å². The van der Waals surface area contributed by atoms with E-state index >= 15 is 0 Å². The summed E-state index contributed by atoms with van der Waals surface area (Å²) in [7, 11) is 1.69. The SMILES string of the molecule is COc1ccc(Cn2nc(C(C)C)c(C)c2C)cc1. The largest absolute Gasteiger partial charge is 0.497 e. The third-order valence-corrected chi connectivity index (χ3v) is 3.58. The average molecular weight is 258 g/mol. The summed E-state index contributed by atoms with van der Waals surface area (Å²) < 4.78 is 7.27. The van der Waals surface area contributed by atoms with Crippen LogP contribution in [0.4, 0.5) is 0 Å². The van der Waals surface area contributed by atoms with E-state index in [0.717, 1.165) is 12.3 Å². The Morgan fingerprint density at radius 1 is 1.16 bits per heavy atom. The van der Waals surface area contributed by atoms with Crippen LogP contribution in [-0.2, 0) is 6.54 Å². The molecule has 0 spiro atoms. The average Bonchev–Trinajstić information content (AvgIpc) is 2.68. The molecule has 0 unspecified atom stereocenters. The Hall–Kier alpha value is -1.77. The highest BCUT2D eigenvalue weighted by atomic mass is 16.5. The van der Waals surface area contributed by atoms with Crippen molar-refractivity contribution in [3.05, 3.63) is 46.8 Å². The molecule has 0 fully saturated rings. The molecule has 1 heterocycles. The first-order chi connectivity index (χ1) is 9.02. The van der Waals surface area contributed by atoms with E-state index < -0.39 is 0 Å². The minimum absolute atomic E-state index is 0.468. The van der Waals surface area contributed by atoms with Crippen LogP contribution < -0.4 is 4.74 Å². The molecule has 0 aliphatic carbocycles. The molecule has 2 aromatic rings. The van der Waals surface area contributed by atoms with Crippen LogP contribution in [0.1, 0.15) is 42.3 Å². The van der Waals surface area contributed by atoms with Gasteiger partial charge >= 0.3 is 0 Å². The van der Waals surface area contributed by atoms with Crippen molar-refractivity contribution in [1.82, 2.24) is 9.78 Å². The zero-order valence-corrected chi connectivity index (χ0v) is 12.4. The molecular weight excluding hydrogens is 236 g/mol. The minimum atomic E-state index is 0.468. The van der Waals surface area contributed by atoms with Gasteiger partial charge in [0.1, 0.15) is 5.75 Å². The normalized spacial score (nSPS) is 11.1. The number of hydrogen-bond donors (Lipinski definition) is 0. The summed E-state index contributed by atoms with van der Waals surface area (Å²) in [6.45, 7) is 9.47. The Labute approximate surface area is 115 Å². The highest BCUT2D eigenvalue weighted by Gasteiger charge is 2.13. The maximum atomic E-state index is 5.18. The van der Waals surface area contributed by atoms with Crippen LogP contribution in [0.25, 0.3) is 0 Å². The number of ether oxygens (including phenoxy) is 1. The monoisotopic (exact) mass is 258 g/mol. The van der Waals surface area contributed by atoms with E-state index in [2.05, 4.69) is 44.5 Å². The molecule has 0 radical (unpaired) electrons. The van der Waals surface area contributed by atoms with E-state index in [1.807, 2.05) is 12.1 Å². The molecule has 3 heteroatoms. The van der Waals surface area contributed by atoms with Crippen LogP contribution >= 0.6 is 0 Å². The van der Waals surface area contributed by atoms with Gasteiger partial charge in [0.15, 0.2) is 0 Å². The van der Waals surface area contributed by atoms with E-state index in [4.69, 9.17) is 9.84 Å². The molecule has 0 atom stereocenters. The van der Waals surface area contributed by atoms with Gasteiger partial charge in [0.25, 0.3) is 0 Å².